The van der Waals surface area contributed by atoms with Gasteiger partial charge in [-0.05, 0) is 42.5 Å². The lowest BCUT2D eigenvalue weighted by molar-refractivity contribution is 0.0238. The fraction of sp³-hybridized carbons (Fsp3) is 0.533. The molecule has 1 aliphatic heterocycles. The van der Waals surface area contributed by atoms with Crippen LogP contribution >= 0.6 is 0 Å². The van der Waals surface area contributed by atoms with Gasteiger partial charge in [-0.15, -0.1) is 0 Å². The van der Waals surface area contributed by atoms with Gasteiger partial charge in [-0.3, -0.25) is 4.79 Å². The Morgan fingerprint density at radius 1 is 1.26 bits per heavy atom. The molecule has 4 heteroatoms. The van der Waals surface area contributed by atoms with Crippen molar-refractivity contribution >= 4 is 11.6 Å². The van der Waals surface area contributed by atoms with Gasteiger partial charge in [-0.2, -0.15) is 0 Å². The van der Waals surface area contributed by atoms with E-state index < -0.39 is 0 Å². The summed E-state index contributed by atoms with van der Waals surface area (Å²) >= 11 is 0. The molecule has 1 aliphatic rings. The SMILES string of the molecule is CNc1ccc(C(=O)NCC2(C)CCOCC2)cc1. The summed E-state index contributed by atoms with van der Waals surface area (Å²) in [6.45, 7) is 4.51. The fourth-order valence-corrected chi connectivity index (χ4v) is 2.22. The molecule has 1 amide bonds. The minimum Gasteiger partial charge on any atom is -0.388 e. The standard InChI is InChI=1S/C15H22N2O2/c1-15(7-9-19-10-8-15)11-17-14(18)12-3-5-13(16-2)6-4-12/h3-6,16H,7-11H2,1-2H3,(H,17,18). The summed E-state index contributed by atoms with van der Waals surface area (Å²) in [5.41, 5.74) is 1.88. The molecule has 0 radical (unpaired) electrons. The van der Waals surface area contributed by atoms with Crippen LogP contribution in [0.5, 0.6) is 0 Å². The van der Waals surface area contributed by atoms with E-state index in [-0.39, 0.29) is 11.3 Å². The van der Waals surface area contributed by atoms with E-state index in [0.717, 1.165) is 31.7 Å². The van der Waals surface area contributed by atoms with Crippen LogP contribution < -0.4 is 10.6 Å². The number of benzene rings is 1. The Labute approximate surface area is 114 Å². The maximum atomic E-state index is 12.1. The van der Waals surface area contributed by atoms with Gasteiger partial charge in [-0.1, -0.05) is 6.92 Å². The summed E-state index contributed by atoms with van der Waals surface area (Å²) in [7, 11) is 1.86. The van der Waals surface area contributed by atoms with Crippen LogP contribution in [-0.4, -0.2) is 32.7 Å². The van der Waals surface area contributed by atoms with Crippen LogP contribution in [0.4, 0.5) is 5.69 Å². The van der Waals surface area contributed by atoms with Crippen LogP contribution in [0.15, 0.2) is 24.3 Å². The predicted octanol–water partition coefficient (Wildman–Crippen LogP) is 2.27. The molecule has 1 fully saturated rings. The van der Waals surface area contributed by atoms with Crippen molar-refractivity contribution in [2.45, 2.75) is 19.8 Å². The number of anilines is 1. The summed E-state index contributed by atoms with van der Waals surface area (Å²) in [5.74, 6) is -0.00429. The Morgan fingerprint density at radius 3 is 2.47 bits per heavy atom. The number of carbonyl (C=O) groups excluding carboxylic acids is 1. The summed E-state index contributed by atoms with van der Waals surface area (Å²) < 4.78 is 5.36. The van der Waals surface area contributed by atoms with Gasteiger partial charge >= 0.3 is 0 Å². The van der Waals surface area contributed by atoms with E-state index in [1.165, 1.54) is 0 Å². The van der Waals surface area contributed by atoms with Crippen molar-refractivity contribution in [3.63, 3.8) is 0 Å². The van der Waals surface area contributed by atoms with E-state index in [0.29, 0.717) is 12.1 Å². The minimum atomic E-state index is -0.00429. The van der Waals surface area contributed by atoms with Gasteiger partial charge in [-0.25, -0.2) is 0 Å². The van der Waals surface area contributed by atoms with Gasteiger partial charge in [0.05, 0.1) is 0 Å². The maximum absolute atomic E-state index is 12.1. The lowest BCUT2D eigenvalue weighted by Crippen LogP contribution is -2.39. The minimum absolute atomic E-state index is 0.00429. The molecule has 0 spiro atoms. The van der Waals surface area contributed by atoms with Crippen molar-refractivity contribution in [3.8, 4) is 0 Å². The molecule has 0 atom stereocenters. The zero-order valence-electron chi connectivity index (χ0n) is 11.7. The molecule has 1 aromatic rings. The van der Waals surface area contributed by atoms with Crippen LogP contribution in [0.2, 0.25) is 0 Å². The molecule has 1 heterocycles. The summed E-state index contributed by atoms with van der Waals surface area (Å²) in [5, 5.41) is 6.07. The second kappa shape index (κ2) is 6.06. The zero-order valence-corrected chi connectivity index (χ0v) is 11.7. The van der Waals surface area contributed by atoms with Crippen molar-refractivity contribution in [3.05, 3.63) is 29.8 Å². The molecule has 0 unspecified atom stereocenters. The van der Waals surface area contributed by atoms with Gasteiger partial charge in [0.25, 0.3) is 5.91 Å². The Balaban J connectivity index is 1.89. The van der Waals surface area contributed by atoms with Crippen molar-refractivity contribution in [1.82, 2.24) is 5.32 Å². The van der Waals surface area contributed by atoms with Crippen molar-refractivity contribution in [2.75, 3.05) is 32.1 Å². The number of rotatable bonds is 4. The molecule has 1 aromatic carbocycles. The van der Waals surface area contributed by atoms with Gasteiger partial charge in [0.1, 0.15) is 0 Å². The zero-order chi connectivity index (χ0) is 13.7. The third kappa shape index (κ3) is 3.70. The molecule has 0 saturated carbocycles. The Kier molecular flexibility index (Phi) is 4.43. The van der Waals surface area contributed by atoms with Crippen LogP contribution in [0.1, 0.15) is 30.1 Å². The highest BCUT2D eigenvalue weighted by atomic mass is 16.5. The molecular formula is C15H22N2O2. The molecule has 0 bridgehead atoms. The van der Waals surface area contributed by atoms with Gasteiger partial charge in [0, 0.05) is 38.1 Å². The fourth-order valence-electron chi connectivity index (χ4n) is 2.22. The lowest BCUT2D eigenvalue weighted by Gasteiger charge is -2.33. The van der Waals surface area contributed by atoms with E-state index in [1.54, 1.807) is 0 Å². The molecule has 0 aliphatic carbocycles. The highest BCUT2D eigenvalue weighted by Crippen LogP contribution is 2.28. The molecule has 2 rings (SSSR count). The number of ether oxygens (including phenoxy) is 1. The first-order valence-corrected chi connectivity index (χ1v) is 6.77. The van der Waals surface area contributed by atoms with Crippen LogP contribution in [-0.2, 0) is 4.74 Å². The first kappa shape index (κ1) is 13.9. The van der Waals surface area contributed by atoms with E-state index in [2.05, 4.69) is 17.6 Å². The number of carbonyl (C=O) groups is 1. The van der Waals surface area contributed by atoms with Crippen molar-refractivity contribution in [1.29, 1.82) is 0 Å². The van der Waals surface area contributed by atoms with Crippen LogP contribution in [0.25, 0.3) is 0 Å². The Morgan fingerprint density at radius 2 is 1.89 bits per heavy atom. The van der Waals surface area contributed by atoms with E-state index in [1.807, 2.05) is 31.3 Å². The van der Waals surface area contributed by atoms with E-state index in [9.17, 15) is 4.79 Å². The van der Waals surface area contributed by atoms with Gasteiger partial charge in [0.2, 0.25) is 0 Å². The number of amides is 1. The summed E-state index contributed by atoms with van der Waals surface area (Å²) in [6.07, 6.45) is 2.01. The first-order valence-electron chi connectivity index (χ1n) is 6.77. The van der Waals surface area contributed by atoms with Crippen LogP contribution in [0, 0.1) is 5.41 Å². The molecule has 104 valence electrons. The second-order valence-corrected chi connectivity index (χ2v) is 5.43. The van der Waals surface area contributed by atoms with E-state index in [4.69, 9.17) is 4.74 Å². The Hall–Kier alpha value is -1.55. The van der Waals surface area contributed by atoms with Crippen molar-refractivity contribution < 1.29 is 9.53 Å². The van der Waals surface area contributed by atoms with Gasteiger partial charge < -0.3 is 15.4 Å². The topological polar surface area (TPSA) is 50.4 Å². The Bertz CT molecular complexity index is 422. The van der Waals surface area contributed by atoms with Crippen molar-refractivity contribution in [2.24, 2.45) is 5.41 Å². The maximum Gasteiger partial charge on any atom is 0.251 e. The largest absolute Gasteiger partial charge is 0.388 e. The molecular weight excluding hydrogens is 240 g/mol. The average Bonchev–Trinajstić information content (AvgIpc) is 2.46. The highest BCUT2D eigenvalue weighted by molar-refractivity contribution is 5.94. The molecule has 2 N–H and O–H groups in total. The monoisotopic (exact) mass is 262 g/mol. The lowest BCUT2D eigenvalue weighted by atomic mass is 9.82. The molecule has 19 heavy (non-hydrogen) atoms. The normalized spacial score (nSPS) is 17.8. The predicted molar refractivity (Wildman–Crippen MR) is 76.5 cm³/mol. The van der Waals surface area contributed by atoms with Crippen LogP contribution in [0.3, 0.4) is 0 Å². The average molecular weight is 262 g/mol. The third-order valence-electron chi connectivity index (χ3n) is 3.81. The molecule has 4 nitrogen and oxygen atoms in total. The number of nitrogens with one attached hydrogen (secondary N) is 2. The van der Waals surface area contributed by atoms with Gasteiger partial charge in [0.15, 0.2) is 0 Å². The smallest absolute Gasteiger partial charge is 0.251 e. The summed E-state index contributed by atoms with van der Waals surface area (Å²) in [4.78, 5) is 12.1. The summed E-state index contributed by atoms with van der Waals surface area (Å²) in [6, 6.07) is 7.50. The molecule has 1 saturated heterocycles. The number of hydrogen-bond donors (Lipinski definition) is 2. The molecule has 0 aromatic heterocycles. The highest BCUT2D eigenvalue weighted by Gasteiger charge is 2.27. The quantitative estimate of drug-likeness (QED) is 0.875. The van der Waals surface area contributed by atoms with E-state index >= 15 is 0 Å². The second-order valence-electron chi connectivity index (χ2n) is 5.43. The number of hydrogen-bond acceptors (Lipinski definition) is 3. The third-order valence-corrected chi connectivity index (χ3v) is 3.81. The first-order chi connectivity index (χ1) is 9.13.